The van der Waals surface area contributed by atoms with Gasteiger partial charge in [0.1, 0.15) is 0 Å². The standard InChI is InChI=1S/C17H18N2O8P.3CH3.Sn/c1-10-3-2-4-11-8-24-28(23,27-16(10)11)25-9-13-12(20)7-15(26-13)19-6-5-14(21)18-17(19)22;;;;/h2-4,6,12-13,15,20H,7-9H2,1H3,(H,18,21,22);3*1H3;/t12-,13+,15+,28?;;;;/m0..../s1. The number of H-pyrrole nitrogens is 1. The van der Waals surface area contributed by atoms with E-state index in [4.69, 9.17) is 18.3 Å². The van der Waals surface area contributed by atoms with Gasteiger partial charge in [0.2, 0.25) is 0 Å². The van der Waals surface area contributed by atoms with Crippen LogP contribution in [0.2, 0.25) is 14.8 Å². The van der Waals surface area contributed by atoms with Crippen LogP contribution in [0.3, 0.4) is 0 Å². The topological polar surface area (TPSA) is 129 Å². The molecule has 0 spiro atoms. The minimum atomic E-state index is -3.89. The Labute approximate surface area is 189 Å². The van der Waals surface area contributed by atoms with Crippen molar-refractivity contribution in [3.05, 3.63) is 56.4 Å². The third kappa shape index (κ3) is 4.76. The van der Waals surface area contributed by atoms with Crippen molar-refractivity contribution in [2.45, 2.75) is 53.2 Å². The summed E-state index contributed by atoms with van der Waals surface area (Å²) in [6.45, 7) is 1.67. The van der Waals surface area contributed by atoms with Crippen molar-refractivity contribution in [1.82, 2.24) is 9.55 Å². The zero-order chi connectivity index (χ0) is 23.3. The van der Waals surface area contributed by atoms with E-state index in [9.17, 15) is 19.3 Å². The Morgan fingerprint density at radius 1 is 1.31 bits per heavy atom. The van der Waals surface area contributed by atoms with E-state index < -0.39 is 50.3 Å². The summed E-state index contributed by atoms with van der Waals surface area (Å²) >= 11 is -2.79. The number of rotatable bonds is 5. The number of ether oxygens (including phenoxy) is 1. The first-order valence-corrected chi connectivity index (χ1v) is 21.8. The molecule has 0 saturated carbocycles. The number of aromatic nitrogens is 2. The number of hydrogen-bond acceptors (Lipinski definition) is 8. The van der Waals surface area contributed by atoms with Gasteiger partial charge >= 0.3 is 164 Å². The van der Waals surface area contributed by atoms with Crippen LogP contribution in [0.1, 0.15) is 23.8 Å². The molecule has 0 bridgehead atoms. The molecule has 0 aliphatic carbocycles. The van der Waals surface area contributed by atoms with Crippen LogP contribution in [0, 0.1) is 6.92 Å². The number of aliphatic hydroxyl groups is 1. The van der Waals surface area contributed by atoms with Crippen LogP contribution in [-0.2, 0) is 25.0 Å². The van der Waals surface area contributed by atoms with Crippen LogP contribution in [-0.4, -0.2) is 51.8 Å². The van der Waals surface area contributed by atoms with Crippen molar-refractivity contribution in [3.8, 4) is 5.75 Å². The number of nitrogens with zero attached hydrogens (tertiary/aromatic N) is 1. The van der Waals surface area contributed by atoms with Gasteiger partial charge in [0.25, 0.3) is 0 Å². The van der Waals surface area contributed by atoms with Gasteiger partial charge in [-0.3, -0.25) is 0 Å². The summed E-state index contributed by atoms with van der Waals surface area (Å²) in [6, 6.07) is 5.51. The zero-order valence-electron chi connectivity index (χ0n) is 18.4. The molecule has 174 valence electrons. The molecular weight excluding hydrogens is 546 g/mol. The number of para-hydroxylation sites is 1. The molecule has 4 atom stereocenters. The van der Waals surface area contributed by atoms with Crippen LogP contribution >= 0.6 is 7.82 Å². The summed E-state index contributed by atoms with van der Waals surface area (Å²) in [7, 11) is -3.89. The molecule has 1 saturated heterocycles. The zero-order valence-corrected chi connectivity index (χ0v) is 22.1. The number of aryl methyl sites for hydroxylation is 1. The predicted octanol–water partition coefficient (Wildman–Crippen LogP) is 1.77. The molecule has 10 nitrogen and oxygen atoms in total. The van der Waals surface area contributed by atoms with Gasteiger partial charge in [-0.2, -0.15) is 0 Å². The number of phosphoric ester groups is 1. The first-order chi connectivity index (χ1) is 15.0. The van der Waals surface area contributed by atoms with E-state index in [2.05, 4.69) is 19.8 Å². The number of fused-ring (bicyclic) bond motifs is 1. The van der Waals surface area contributed by atoms with E-state index >= 15 is 0 Å². The van der Waals surface area contributed by atoms with Gasteiger partial charge in [-0.1, -0.05) is 18.2 Å². The van der Waals surface area contributed by atoms with E-state index in [1.807, 2.05) is 25.1 Å². The van der Waals surface area contributed by atoms with Gasteiger partial charge in [0.15, 0.2) is 0 Å². The second kappa shape index (κ2) is 8.73. The predicted molar refractivity (Wildman–Crippen MR) is 119 cm³/mol. The average molecular weight is 573 g/mol. The summed E-state index contributed by atoms with van der Waals surface area (Å²) in [6.07, 6.45) is -0.935. The molecule has 1 unspecified atom stereocenters. The number of hydrogen-bond donors (Lipinski definition) is 2. The SMILES string of the molecule is Cc1cccc2c1OP(=O)(OC[C@H]1O[C@@H](n3c[c]([Sn]([CH3])([CH3])[CH3])c(=O)[nH]c3=O)C[C@@H]1O)OC2. The summed E-state index contributed by atoms with van der Waals surface area (Å²) in [5.74, 6) is 0.466. The Kier molecular flexibility index (Phi) is 6.47. The molecule has 2 N–H and O–H groups in total. The van der Waals surface area contributed by atoms with Gasteiger partial charge in [-0.25, -0.2) is 0 Å². The van der Waals surface area contributed by atoms with Crippen molar-refractivity contribution in [2.75, 3.05) is 6.61 Å². The Morgan fingerprint density at radius 2 is 2.06 bits per heavy atom. The molecular formula is C20H27N2O8PSn. The number of benzene rings is 1. The summed E-state index contributed by atoms with van der Waals surface area (Å²) in [5, 5.41) is 10.5. The van der Waals surface area contributed by atoms with Crippen LogP contribution in [0.15, 0.2) is 34.0 Å². The Bertz CT molecular complexity index is 1190. The number of phosphoric acid groups is 1. The van der Waals surface area contributed by atoms with E-state index in [0.717, 1.165) is 11.1 Å². The summed E-state index contributed by atoms with van der Waals surface area (Å²) < 4.78 is 37.0. The van der Waals surface area contributed by atoms with Crippen molar-refractivity contribution in [1.29, 1.82) is 0 Å². The number of aromatic amines is 1. The fraction of sp³-hybridized carbons (Fsp3) is 0.500. The van der Waals surface area contributed by atoms with E-state index in [1.54, 1.807) is 6.20 Å². The Hall–Kier alpha value is -1.43. The van der Waals surface area contributed by atoms with Gasteiger partial charge in [-0.05, 0) is 6.92 Å². The number of aliphatic hydroxyl groups excluding tert-OH is 1. The molecule has 0 amide bonds. The molecule has 1 aromatic heterocycles. The first kappa shape index (κ1) is 23.7. The molecule has 2 aliphatic rings. The summed E-state index contributed by atoms with van der Waals surface area (Å²) in [4.78, 5) is 33.1. The fourth-order valence-corrected chi connectivity index (χ4v) is 8.66. The molecule has 12 heteroatoms. The quantitative estimate of drug-likeness (QED) is 0.410. The van der Waals surface area contributed by atoms with E-state index in [0.29, 0.717) is 9.33 Å². The van der Waals surface area contributed by atoms with Crippen molar-refractivity contribution >= 4 is 29.8 Å². The minimum absolute atomic E-state index is 0.0826. The Balaban J connectivity index is 1.47. The Morgan fingerprint density at radius 3 is 2.78 bits per heavy atom. The molecule has 0 radical (unpaired) electrons. The van der Waals surface area contributed by atoms with Gasteiger partial charge < -0.3 is 0 Å². The molecule has 1 aromatic carbocycles. The van der Waals surface area contributed by atoms with E-state index in [1.165, 1.54) is 4.57 Å². The van der Waals surface area contributed by atoms with Crippen LogP contribution in [0.4, 0.5) is 0 Å². The molecule has 2 aliphatic heterocycles. The normalized spacial score (nSPS) is 27.7. The molecule has 1 fully saturated rings. The maximum atomic E-state index is 12.9. The van der Waals surface area contributed by atoms with Crippen molar-refractivity contribution in [2.24, 2.45) is 0 Å². The van der Waals surface area contributed by atoms with Crippen LogP contribution in [0.25, 0.3) is 0 Å². The van der Waals surface area contributed by atoms with Gasteiger partial charge in [0, 0.05) is 0 Å². The van der Waals surface area contributed by atoms with Gasteiger partial charge in [-0.15, -0.1) is 0 Å². The molecule has 4 rings (SSSR count). The third-order valence-corrected chi connectivity index (χ3v) is 12.5. The second-order valence-electron chi connectivity index (χ2n) is 9.06. The fourth-order valence-electron chi connectivity index (χ4n) is 3.74. The first-order valence-electron chi connectivity index (χ1n) is 10.3. The maximum absolute atomic E-state index is 12.9. The molecule has 32 heavy (non-hydrogen) atoms. The molecule has 3 heterocycles. The van der Waals surface area contributed by atoms with Crippen LogP contribution < -0.4 is 19.4 Å². The third-order valence-electron chi connectivity index (χ3n) is 5.56. The monoisotopic (exact) mass is 574 g/mol. The van der Waals surface area contributed by atoms with E-state index in [-0.39, 0.29) is 25.2 Å². The van der Waals surface area contributed by atoms with Crippen molar-refractivity contribution < 1.29 is 28.0 Å². The van der Waals surface area contributed by atoms with Crippen molar-refractivity contribution in [3.63, 3.8) is 0 Å². The van der Waals surface area contributed by atoms with Gasteiger partial charge in [0.05, 0.1) is 0 Å². The number of nitrogens with one attached hydrogen (secondary N) is 1. The summed E-state index contributed by atoms with van der Waals surface area (Å²) in [5.41, 5.74) is 0.610. The molecule has 2 aromatic rings. The second-order valence-corrected chi connectivity index (χ2v) is 25.0. The average Bonchev–Trinajstić information content (AvgIpc) is 3.07. The van der Waals surface area contributed by atoms with Crippen LogP contribution in [0.5, 0.6) is 5.75 Å².